The van der Waals surface area contributed by atoms with Gasteiger partial charge in [0.05, 0.1) is 0 Å². The average Bonchev–Trinajstić information content (AvgIpc) is 3.24. The fourth-order valence-electron chi connectivity index (χ4n) is 3.32. The van der Waals surface area contributed by atoms with Crippen LogP contribution in [0.4, 0.5) is 5.69 Å². The quantitative estimate of drug-likeness (QED) is 0.769. The van der Waals surface area contributed by atoms with Crippen LogP contribution >= 0.6 is 0 Å². The van der Waals surface area contributed by atoms with Gasteiger partial charge < -0.3 is 14.6 Å². The van der Waals surface area contributed by atoms with Gasteiger partial charge >= 0.3 is 5.97 Å². The number of aromatic carboxylic acids is 1. The number of nitrogens with one attached hydrogen (secondary N) is 1. The molecule has 0 saturated heterocycles. The molecule has 0 amide bonds. The largest absolute Gasteiger partial charge is 0.477 e. The lowest BCUT2D eigenvalue weighted by molar-refractivity contribution is 0.0685. The minimum atomic E-state index is -3.77. The van der Waals surface area contributed by atoms with Gasteiger partial charge in [0, 0.05) is 37.6 Å². The van der Waals surface area contributed by atoms with Crippen molar-refractivity contribution in [2.24, 2.45) is 0 Å². The maximum Gasteiger partial charge on any atom is 0.352 e. The summed E-state index contributed by atoms with van der Waals surface area (Å²) in [4.78, 5) is 13.4. The Bertz CT molecular complexity index is 920. The van der Waals surface area contributed by atoms with Gasteiger partial charge in [-0.1, -0.05) is 18.2 Å². The van der Waals surface area contributed by atoms with Gasteiger partial charge in [-0.3, -0.25) is 0 Å². The number of benzene rings is 1. The molecule has 1 aliphatic rings. The van der Waals surface area contributed by atoms with Gasteiger partial charge in [0.2, 0.25) is 10.0 Å². The van der Waals surface area contributed by atoms with Crippen LogP contribution in [0.15, 0.2) is 41.4 Å². The Kier molecular flexibility index (Phi) is 5.06. The smallest absolute Gasteiger partial charge is 0.352 e. The first-order chi connectivity index (χ1) is 12.3. The number of nitrogens with zero attached hydrogens (tertiary/aromatic N) is 2. The van der Waals surface area contributed by atoms with Crippen LogP contribution in [0.3, 0.4) is 0 Å². The number of fused-ring (bicyclic) bond motifs is 1. The molecular formula is C18H23N3O4S. The van der Waals surface area contributed by atoms with Gasteiger partial charge in [-0.25, -0.2) is 17.9 Å². The van der Waals surface area contributed by atoms with Gasteiger partial charge in [0.25, 0.3) is 0 Å². The summed E-state index contributed by atoms with van der Waals surface area (Å²) in [6, 6.07) is 9.31. The fraction of sp³-hybridized carbons (Fsp3) is 0.389. The third-order valence-corrected chi connectivity index (χ3v) is 6.16. The van der Waals surface area contributed by atoms with Gasteiger partial charge in [0.15, 0.2) is 0 Å². The van der Waals surface area contributed by atoms with E-state index in [1.54, 1.807) is 6.92 Å². The van der Waals surface area contributed by atoms with E-state index in [1.807, 2.05) is 25.1 Å². The molecule has 0 bridgehead atoms. The topological polar surface area (TPSA) is 91.6 Å². The molecule has 2 heterocycles. The van der Waals surface area contributed by atoms with Crippen molar-refractivity contribution in [3.63, 3.8) is 0 Å². The van der Waals surface area contributed by atoms with Gasteiger partial charge in [-0.2, -0.15) is 0 Å². The van der Waals surface area contributed by atoms with E-state index in [2.05, 4.69) is 15.7 Å². The molecule has 1 aromatic heterocycles. The summed E-state index contributed by atoms with van der Waals surface area (Å²) in [7, 11) is -3.77. The third-order valence-electron chi connectivity index (χ3n) is 4.77. The van der Waals surface area contributed by atoms with E-state index in [0.29, 0.717) is 6.54 Å². The van der Waals surface area contributed by atoms with Crippen molar-refractivity contribution >= 4 is 21.7 Å². The highest BCUT2D eigenvalue weighted by Crippen LogP contribution is 2.29. The molecule has 1 aromatic carbocycles. The molecule has 0 aliphatic carbocycles. The number of hydrogen-bond acceptors (Lipinski definition) is 4. The summed E-state index contributed by atoms with van der Waals surface area (Å²) in [5, 5.41) is 9.19. The number of aromatic nitrogens is 1. The van der Waals surface area contributed by atoms with E-state index in [4.69, 9.17) is 0 Å². The van der Waals surface area contributed by atoms with Crippen LogP contribution in [-0.4, -0.2) is 43.2 Å². The highest BCUT2D eigenvalue weighted by molar-refractivity contribution is 7.89. The minimum Gasteiger partial charge on any atom is -0.477 e. The number of carboxylic acid groups (broad SMARTS) is 1. The number of carbonyl (C=O) groups is 1. The predicted octanol–water partition coefficient (Wildman–Crippen LogP) is 1.94. The zero-order chi connectivity index (χ0) is 18.9. The summed E-state index contributed by atoms with van der Waals surface area (Å²) in [5.41, 5.74) is 2.38. The van der Waals surface area contributed by atoms with Crippen molar-refractivity contribution in [3.05, 3.63) is 47.8 Å². The highest BCUT2D eigenvalue weighted by Gasteiger charge is 2.26. The van der Waals surface area contributed by atoms with Crippen molar-refractivity contribution in [3.8, 4) is 0 Å². The number of hydrogen-bond donors (Lipinski definition) is 2. The fourth-order valence-corrected chi connectivity index (χ4v) is 4.48. The molecule has 0 fully saturated rings. The van der Waals surface area contributed by atoms with E-state index in [-0.39, 0.29) is 23.2 Å². The second-order valence-corrected chi connectivity index (χ2v) is 8.19. The normalized spacial score (nSPS) is 15.1. The Morgan fingerprint density at radius 3 is 2.73 bits per heavy atom. The predicted molar refractivity (Wildman–Crippen MR) is 99.2 cm³/mol. The Labute approximate surface area is 153 Å². The lowest BCUT2D eigenvalue weighted by Crippen LogP contribution is -2.41. The Morgan fingerprint density at radius 2 is 2.08 bits per heavy atom. The number of sulfonamides is 1. The van der Waals surface area contributed by atoms with Crippen molar-refractivity contribution in [1.29, 1.82) is 0 Å². The molecule has 140 valence electrons. The Balaban J connectivity index is 1.72. The van der Waals surface area contributed by atoms with Crippen molar-refractivity contribution in [2.45, 2.75) is 37.8 Å². The summed E-state index contributed by atoms with van der Waals surface area (Å²) < 4.78 is 29.2. The van der Waals surface area contributed by atoms with E-state index >= 15 is 0 Å². The third kappa shape index (κ3) is 3.47. The van der Waals surface area contributed by atoms with Crippen LogP contribution in [0.2, 0.25) is 0 Å². The van der Waals surface area contributed by atoms with Crippen molar-refractivity contribution < 1.29 is 18.3 Å². The molecule has 0 spiro atoms. The standard InChI is InChI=1S/C18H23N3O4S/c1-3-20-12-15(10-17(20)18(22)23)26(24,25)19-11-13(2)21-9-8-14-6-4-5-7-16(14)21/h4-7,10,12-13,19H,3,8-9,11H2,1-2H3,(H,22,23). The second kappa shape index (κ2) is 7.13. The monoisotopic (exact) mass is 377 g/mol. The summed E-state index contributed by atoms with van der Waals surface area (Å²) >= 11 is 0. The van der Waals surface area contributed by atoms with Crippen LogP contribution in [-0.2, 0) is 23.0 Å². The summed E-state index contributed by atoms with van der Waals surface area (Å²) in [6.07, 6.45) is 2.32. The molecule has 1 aliphatic heterocycles. The number of aryl methyl sites for hydroxylation is 1. The van der Waals surface area contributed by atoms with Crippen LogP contribution in [0.5, 0.6) is 0 Å². The van der Waals surface area contributed by atoms with Crippen molar-refractivity contribution in [2.75, 3.05) is 18.0 Å². The van der Waals surface area contributed by atoms with Gasteiger partial charge in [-0.15, -0.1) is 0 Å². The second-order valence-electron chi connectivity index (χ2n) is 6.43. The number of para-hydroxylation sites is 1. The zero-order valence-electron chi connectivity index (χ0n) is 14.8. The van der Waals surface area contributed by atoms with Crippen LogP contribution in [0.25, 0.3) is 0 Å². The lowest BCUT2D eigenvalue weighted by Gasteiger charge is -2.27. The SMILES string of the molecule is CCn1cc(S(=O)(=O)NCC(C)N2CCc3ccccc32)cc1C(=O)O. The van der Waals surface area contributed by atoms with Crippen LogP contribution < -0.4 is 9.62 Å². The molecule has 7 nitrogen and oxygen atoms in total. The van der Waals surface area contributed by atoms with E-state index in [1.165, 1.54) is 22.4 Å². The number of carboxylic acids is 1. The first-order valence-corrected chi connectivity index (χ1v) is 10.1. The molecule has 0 saturated carbocycles. The maximum atomic E-state index is 12.6. The molecule has 2 aromatic rings. The van der Waals surface area contributed by atoms with Crippen molar-refractivity contribution in [1.82, 2.24) is 9.29 Å². The van der Waals surface area contributed by atoms with E-state index in [9.17, 15) is 18.3 Å². The van der Waals surface area contributed by atoms with Crippen LogP contribution in [0, 0.1) is 0 Å². The molecule has 26 heavy (non-hydrogen) atoms. The molecule has 0 radical (unpaired) electrons. The molecule has 1 atom stereocenters. The Morgan fingerprint density at radius 1 is 1.35 bits per heavy atom. The highest BCUT2D eigenvalue weighted by atomic mass is 32.2. The molecule has 3 rings (SSSR count). The minimum absolute atomic E-state index is 0.0133. The van der Waals surface area contributed by atoms with E-state index in [0.717, 1.165) is 18.7 Å². The first-order valence-electron chi connectivity index (χ1n) is 8.61. The average molecular weight is 377 g/mol. The summed E-state index contributed by atoms with van der Waals surface area (Å²) in [6.45, 7) is 5.24. The summed E-state index contributed by atoms with van der Waals surface area (Å²) in [5.74, 6) is -1.14. The number of rotatable bonds is 7. The lowest BCUT2D eigenvalue weighted by atomic mass is 10.2. The molecule has 1 unspecified atom stereocenters. The zero-order valence-corrected chi connectivity index (χ0v) is 15.7. The van der Waals surface area contributed by atoms with Crippen LogP contribution in [0.1, 0.15) is 29.9 Å². The van der Waals surface area contributed by atoms with Gasteiger partial charge in [-0.05, 0) is 38.0 Å². The van der Waals surface area contributed by atoms with E-state index < -0.39 is 16.0 Å². The van der Waals surface area contributed by atoms with Gasteiger partial charge in [0.1, 0.15) is 10.6 Å². The molecule has 2 N–H and O–H groups in total. The molecule has 8 heteroatoms. The first kappa shape index (κ1) is 18.5. The Hall–Kier alpha value is -2.32. The maximum absolute atomic E-state index is 12.6. The molecular weight excluding hydrogens is 354 g/mol. The number of anilines is 1.